The van der Waals surface area contributed by atoms with Gasteiger partial charge in [-0.05, 0) is 42.1 Å². The Kier molecular flexibility index (Phi) is 5.46. The molecular weight excluding hydrogens is 328 g/mol. The molecule has 0 spiro atoms. The molecule has 0 fully saturated rings. The zero-order valence-corrected chi connectivity index (χ0v) is 14.6. The molecule has 24 heavy (non-hydrogen) atoms. The number of aromatic nitrogens is 2. The van der Waals surface area contributed by atoms with Crippen molar-refractivity contribution in [3.05, 3.63) is 63.8 Å². The molecule has 1 aromatic carbocycles. The highest BCUT2D eigenvalue weighted by molar-refractivity contribution is 5.90. The first kappa shape index (κ1) is 17.8. The maximum atomic E-state index is 12.5. The Labute approximate surface area is 146 Å². The molecule has 0 aliphatic rings. The van der Waals surface area contributed by atoms with Crippen LogP contribution in [-0.4, -0.2) is 24.2 Å². The first-order valence-corrected chi connectivity index (χ1v) is 7.30. The lowest BCUT2D eigenvalue weighted by Gasteiger charge is -2.13. The SMILES string of the molecule is COc1cc2c(C)[nH]c(=O)c(Cc3ccncc3)c2cc1OC.Cl. The number of H-pyrrole nitrogens is 1. The summed E-state index contributed by atoms with van der Waals surface area (Å²) in [7, 11) is 3.19. The van der Waals surface area contributed by atoms with Gasteiger partial charge in [-0.3, -0.25) is 9.78 Å². The van der Waals surface area contributed by atoms with Gasteiger partial charge in [0.1, 0.15) is 0 Å². The lowest BCUT2D eigenvalue weighted by molar-refractivity contribution is 0.356. The summed E-state index contributed by atoms with van der Waals surface area (Å²) in [4.78, 5) is 19.4. The number of hydrogen-bond acceptors (Lipinski definition) is 4. The predicted molar refractivity (Wildman–Crippen MR) is 96.7 cm³/mol. The lowest BCUT2D eigenvalue weighted by Crippen LogP contribution is -2.15. The highest BCUT2D eigenvalue weighted by atomic mass is 35.5. The van der Waals surface area contributed by atoms with Crippen LogP contribution in [0.4, 0.5) is 0 Å². The van der Waals surface area contributed by atoms with E-state index in [4.69, 9.17) is 9.47 Å². The number of pyridine rings is 2. The van der Waals surface area contributed by atoms with E-state index in [0.29, 0.717) is 23.5 Å². The van der Waals surface area contributed by atoms with E-state index in [1.54, 1.807) is 26.6 Å². The summed E-state index contributed by atoms with van der Waals surface area (Å²) in [6.07, 6.45) is 3.98. The van der Waals surface area contributed by atoms with E-state index >= 15 is 0 Å². The van der Waals surface area contributed by atoms with E-state index in [2.05, 4.69) is 9.97 Å². The van der Waals surface area contributed by atoms with Gasteiger partial charge in [0.15, 0.2) is 11.5 Å². The topological polar surface area (TPSA) is 64.2 Å². The predicted octanol–water partition coefficient (Wildman–Crippen LogP) is 3.26. The van der Waals surface area contributed by atoms with Crippen molar-refractivity contribution in [3.8, 4) is 11.5 Å². The minimum atomic E-state index is -0.0842. The highest BCUT2D eigenvalue weighted by Gasteiger charge is 2.14. The van der Waals surface area contributed by atoms with Crippen molar-refractivity contribution in [2.75, 3.05) is 14.2 Å². The number of methoxy groups -OCH3 is 2. The highest BCUT2D eigenvalue weighted by Crippen LogP contribution is 2.34. The first-order chi connectivity index (χ1) is 11.1. The van der Waals surface area contributed by atoms with Crippen molar-refractivity contribution < 1.29 is 9.47 Å². The zero-order valence-electron chi connectivity index (χ0n) is 13.8. The van der Waals surface area contributed by atoms with E-state index in [-0.39, 0.29) is 18.0 Å². The van der Waals surface area contributed by atoms with Gasteiger partial charge in [0.25, 0.3) is 5.56 Å². The summed E-state index contributed by atoms with van der Waals surface area (Å²) in [6.45, 7) is 1.88. The number of fused-ring (bicyclic) bond motifs is 1. The molecule has 1 N–H and O–H groups in total. The maximum absolute atomic E-state index is 12.5. The number of aryl methyl sites for hydroxylation is 1. The third-order valence-corrected chi connectivity index (χ3v) is 3.96. The molecule has 0 saturated heterocycles. The fourth-order valence-electron chi connectivity index (χ4n) is 2.75. The van der Waals surface area contributed by atoms with Crippen molar-refractivity contribution in [1.82, 2.24) is 9.97 Å². The van der Waals surface area contributed by atoms with E-state index in [0.717, 1.165) is 22.0 Å². The molecule has 0 unspecified atom stereocenters. The maximum Gasteiger partial charge on any atom is 0.252 e. The third kappa shape index (κ3) is 3.21. The molecular formula is C18H19ClN2O3. The number of hydrogen-bond donors (Lipinski definition) is 1. The van der Waals surface area contributed by atoms with Crippen LogP contribution in [0, 0.1) is 6.92 Å². The van der Waals surface area contributed by atoms with Gasteiger partial charge in [-0.15, -0.1) is 12.4 Å². The van der Waals surface area contributed by atoms with Crippen LogP contribution in [0.25, 0.3) is 10.8 Å². The van der Waals surface area contributed by atoms with Crippen molar-refractivity contribution in [1.29, 1.82) is 0 Å². The molecule has 0 amide bonds. The van der Waals surface area contributed by atoms with E-state index < -0.39 is 0 Å². The van der Waals surface area contributed by atoms with E-state index in [1.165, 1.54) is 0 Å². The summed E-state index contributed by atoms with van der Waals surface area (Å²) in [5, 5.41) is 1.83. The van der Waals surface area contributed by atoms with E-state index in [1.807, 2.05) is 31.2 Å². The number of rotatable bonds is 4. The summed E-state index contributed by atoms with van der Waals surface area (Å²) >= 11 is 0. The monoisotopic (exact) mass is 346 g/mol. The Bertz CT molecular complexity index is 908. The van der Waals surface area contributed by atoms with Crippen LogP contribution in [0.3, 0.4) is 0 Å². The van der Waals surface area contributed by atoms with Crippen molar-refractivity contribution >= 4 is 23.2 Å². The normalized spacial score (nSPS) is 10.3. The minimum absolute atomic E-state index is 0. The Morgan fingerprint density at radius 1 is 1.04 bits per heavy atom. The lowest BCUT2D eigenvalue weighted by atomic mass is 9.99. The quantitative estimate of drug-likeness (QED) is 0.787. The molecule has 0 aliphatic heterocycles. The smallest absolute Gasteiger partial charge is 0.252 e. The standard InChI is InChI=1S/C18H18N2O3.ClH/c1-11-13-9-16(22-2)17(23-3)10-14(13)15(18(21)20-11)8-12-4-6-19-7-5-12;/h4-7,9-10H,8H2,1-3H3,(H,20,21);1H. The average Bonchev–Trinajstić information content (AvgIpc) is 2.58. The number of halogens is 1. The van der Waals surface area contributed by atoms with Crippen LogP contribution in [0.2, 0.25) is 0 Å². The summed E-state index contributed by atoms with van der Waals surface area (Å²) in [5.74, 6) is 1.26. The molecule has 0 saturated carbocycles. The van der Waals surface area contributed by atoms with Crippen LogP contribution >= 0.6 is 12.4 Å². The molecule has 0 aliphatic carbocycles. The van der Waals surface area contributed by atoms with Gasteiger partial charge in [-0.1, -0.05) is 0 Å². The van der Waals surface area contributed by atoms with Crippen molar-refractivity contribution in [2.24, 2.45) is 0 Å². The number of nitrogens with zero attached hydrogens (tertiary/aromatic N) is 1. The molecule has 0 bridgehead atoms. The third-order valence-electron chi connectivity index (χ3n) is 3.96. The minimum Gasteiger partial charge on any atom is -0.493 e. The fourth-order valence-corrected chi connectivity index (χ4v) is 2.75. The average molecular weight is 347 g/mol. The largest absolute Gasteiger partial charge is 0.493 e. The van der Waals surface area contributed by atoms with Gasteiger partial charge in [0.2, 0.25) is 0 Å². The number of ether oxygens (including phenoxy) is 2. The van der Waals surface area contributed by atoms with Gasteiger partial charge in [0, 0.05) is 35.5 Å². The molecule has 0 radical (unpaired) electrons. The second kappa shape index (κ2) is 7.36. The van der Waals surface area contributed by atoms with Gasteiger partial charge < -0.3 is 14.5 Å². The summed E-state index contributed by atoms with van der Waals surface area (Å²) in [6, 6.07) is 7.58. The number of aromatic amines is 1. The van der Waals surface area contributed by atoms with Gasteiger partial charge in [0.05, 0.1) is 14.2 Å². The summed E-state index contributed by atoms with van der Waals surface area (Å²) in [5.41, 5.74) is 2.46. The molecule has 0 atom stereocenters. The van der Waals surface area contributed by atoms with Crippen molar-refractivity contribution in [2.45, 2.75) is 13.3 Å². The van der Waals surface area contributed by atoms with Gasteiger partial charge >= 0.3 is 0 Å². The second-order valence-electron chi connectivity index (χ2n) is 5.34. The van der Waals surface area contributed by atoms with Crippen LogP contribution < -0.4 is 15.0 Å². The van der Waals surface area contributed by atoms with Crippen LogP contribution in [0.5, 0.6) is 11.5 Å². The molecule has 2 heterocycles. The molecule has 6 heteroatoms. The van der Waals surface area contributed by atoms with E-state index in [9.17, 15) is 4.79 Å². The van der Waals surface area contributed by atoms with Gasteiger partial charge in [-0.25, -0.2) is 0 Å². The molecule has 2 aromatic heterocycles. The Morgan fingerprint density at radius 3 is 2.21 bits per heavy atom. The molecule has 3 rings (SSSR count). The number of benzene rings is 1. The Hall–Kier alpha value is -2.53. The molecule has 5 nitrogen and oxygen atoms in total. The molecule has 126 valence electrons. The fraction of sp³-hybridized carbons (Fsp3) is 0.222. The zero-order chi connectivity index (χ0) is 16.4. The van der Waals surface area contributed by atoms with Crippen LogP contribution in [0.1, 0.15) is 16.8 Å². The van der Waals surface area contributed by atoms with Crippen LogP contribution in [-0.2, 0) is 6.42 Å². The Morgan fingerprint density at radius 2 is 1.62 bits per heavy atom. The molecule has 3 aromatic rings. The van der Waals surface area contributed by atoms with Crippen molar-refractivity contribution in [3.63, 3.8) is 0 Å². The Balaban J connectivity index is 0.00000208. The summed E-state index contributed by atoms with van der Waals surface area (Å²) < 4.78 is 10.7. The first-order valence-electron chi connectivity index (χ1n) is 7.30. The van der Waals surface area contributed by atoms with Crippen LogP contribution in [0.15, 0.2) is 41.5 Å². The second-order valence-corrected chi connectivity index (χ2v) is 5.34. The van der Waals surface area contributed by atoms with Gasteiger partial charge in [-0.2, -0.15) is 0 Å². The number of nitrogens with one attached hydrogen (secondary N) is 1.